The van der Waals surface area contributed by atoms with Gasteiger partial charge in [-0.25, -0.2) is 4.79 Å². The lowest BCUT2D eigenvalue weighted by molar-refractivity contribution is -0.155. The van der Waals surface area contributed by atoms with Crippen LogP contribution in [0.4, 0.5) is 0 Å². The van der Waals surface area contributed by atoms with Crippen LogP contribution in [0.25, 0.3) is 0 Å². The number of carbonyl (C=O) groups is 3. The molecule has 33 heavy (non-hydrogen) atoms. The van der Waals surface area contributed by atoms with E-state index < -0.39 is 11.5 Å². The van der Waals surface area contributed by atoms with Gasteiger partial charge in [0.05, 0.1) is 13.5 Å². The number of nitrogens with one attached hydrogen (secondary N) is 1. The topological polar surface area (TPSA) is 81.7 Å². The van der Waals surface area contributed by atoms with E-state index >= 15 is 0 Å². The molecule has 0 spiro atoms. The monoisotopic (exact) mass is 451 g/mol. The van der Waals surface area contributed by atoms with E-state index in [2.05, 4.69) is 5.32 Å². The highest BCUT2D eigenvalue weighted by molar-refractivity contribution is 5.98. The van der Waals surface area contributed by atoms with E-state index in [4.69, 9.17) is 9.47 Å². The third kappa shape index (κ3) is 6.01. The molecule has 0 atom stereocenters. The fraction of sp³-hybridized carbons (Fsp3) is 0.444. The molecule has 2 aromatic carbocycles. The number of hydrogen-bond donors (Lipinski definition) is 1. The van der Waals surface area contributed by atoms with E-state index in [1.54, 1.807) is 12.1 Å². The lowest BCUT2D eigenvalue weighted by Gasteiger charge is -2.38. The second-order valence-electron chi connectivity index (χ2n) is 9.20. The maximum atomic E-state index is 13.0. The van der Waals surface area contributed by atoms with Crippen molar-refractivity contribution in [2.45, 2.75) is 71.4 Å². The summed E-state index contributed by atoms with van der Waals surface area (Å²) in [6.45, 7) is 7.86. The molecule has 0 aliphatic heterocycles. The molecule has 0 unspecified atom stereocenters. The zero-order valence-corrected chi connectivity index (χ0v) is 20.1. The summed E-state index contributed by atoms with van der Waals surface area (Å²) in [6, 6.07) is 11.6. The van der Waals surface area contributed by atoms with Crippen molar-refractivity contribution < 1.29 is 23.9 Å². The molecule has 1 amide bonds. The van der Waals surface area contributed by atoms with E-state index in [0.29, 0.717) is 31.2 Å². The first kappa shape index (κ1) is 24.5. The summed E-state index contributed by atoms with van der Waals surface area (Å²) in [5.41, 5.74) is 4.51. The van der Waals surface area contributed by atoms with Crippen LogP contribution in [-0.4, -0.2) is 36.6 Å². The van der Waals surface area contributed by atoms with Crippen molar-refractivity contribution in [2.24, 2.45) is 0 Å². The van der Waals surface area contributed by atoms with Crippen LogP contribution in [0.5, 0.6) is 0 Å². The summed E-state index contributed by atoms with van der Waals surface area (Å²) >= 11 is 0. The summed E-state index contributed by atoms with van der Waals surface area (Å²) in [5.74, 6) is -1.06. The molecule has 0 saturated heterocycles. The Morgan fingerprint density at radius 1 is 0.939 bits per heavy atom. The summed E-state index contributed by atoms with van der Waals surface area (Å²) in [5, 5.41) is 2.93. The number of amides is 1. The van der Waals surface area contributed by atoms with Crippen molar-refractivity contribution in [2.75, 3.05) is 7.11 Å². The zero-order valence-electron chi connectivity index (χ0n) is 20.1. The molecular weight excluding hydrogens is 418 g/mol. The molecular formula is C27H33NO5. The van der Waals surface area contributed by atoms with Crippen LogP contribution >= 0.6 is 0 Å². The maximum absolute atomic E-state index is 13.0. The highest BCUT2D eigenvalue weighted by atomic mass is 16.5. The second kappa shape index (κ2) is 10.2. The highest BCUT2D eigenvalue weighted by Crippen LogP contribution is 2.32. The molecule has 1 aliphatic rings. The summed E-state index contributed by atoms with van der Waals surface area (Å²) < 4.78 is 10.7. The summed E-state index contributed by atoms with van der Waals surface area (Å²) in [4.78, 5) is 38.1. The number of benzene rings is 2. The molecule has 6 nitrogen and oxygen atoms in total. The molecule has 1 fully saturated rings. The number of esters is 2. The first-order valence-corrected chi connectivity index (χ1v) is 11.4. The van der Waals surface area contributed by atoms with Gasteiger partial charge in [0.2, 0.25) is 0 Å². The van der Waals surface area contributed by atoms with Gasteiger partial charge in [-0.15, -0.1) is 0 Å². The highest BCUT2D eigenvalue weighted by Gasteiger charge is 2.45. The molecule has 176 valence electrons. The van der Waals surface area contributed by atoms with Gasteiger partial charge in [0.15, 0.2) is 0 Å². The standard InChI is InChI=1S/C27H33NO5/c1-17-6-7-21(20(4)13-17)16-24(29)33-23-8-10-27(11-9-23,26(31)32-5)28-25(30)22-14-18(2)12-19(3)15-22/h6-7,12-15,23H,8-11,16H2,1-5H3,(H,28,30). The Morgan fingerprint density at radius 2 is 1.58 bits per heavy atom. The minimum Gasteiger partial charge on any atom is -0.467 e. The largest absolute Gasteiger partial charge is 0.467 e. The fourth-order valence-electron chi connectivity index (χ4n) is 4.60. The van der Waals surface area contributed by atoms with E-state index in [-0.39, 0.29) is 24.4 Å². The van der Waals surface area contributed by atoms with Gasteiger partial charge in [-0.2, -0.15) is 0 Å². The molecule has 6 heteroatoms. The third-order valence-corrected chi connectivity index (χ3v) is 6.33. The number of methoxy groups -OCH3 is 1. The van der Waals surface area contributed by atoms with Crippen LogP contribution < -0.4 is 5.32 Å². The average molecular weight is 452 g/mol. The first-order chi connectivity index (χ1) is 15.6. The van der Waals surface area contributed by atoms with Crippen molar-refractivity contribution in [1.29, 1.82) is 0 Å². The number of aryl methyl sites for hydroxylation is 4. The van der Waals surface area contributed by atoms with Crippen molar-refractivity contribution in [3.63, 3.8) is 0 Å². The smallest absolute Gasteiger partial charge is 0.331 e. The van der Waals surface area contributed by atoms with Gasteiger partial charge in [-0.1, -0.05) is 41.0 Å². The molecule has 1 aliphatic carbocycles. The van der Waals surface area contributed by atoms with Crippen LogP contribution in [0.3, 0.4) is 0 Å². The van der Waals surface area contributed by atoms with Crippen LogP contribution in [0.15, 0.2) is 36.4 Å². The Hall–Kier alpha value is -3.15. The maximum Gasteiger partial charge on any atom is 0.331 e. The van der Waals surface area contributed by atoms with Crippen molar-refractivity contribution in [3.8, 4) is 0 Å². The van der Waals surface area contributed by atoms with Crippen molar-refractivity contribution in [1.82, 2.24) is 5.32 Å². The lowest BCUT2D eigenvalue weighted by atomic mass is 9.80. The van der Waals surface area contributed by atoms with Gasteiger partial charge in [0.1, 0.15) is 11.6 Å². The van der Waals surface area contributed by atoms with Crippen LogP contribution in [-0.2, 0) is 25.5 Å². The van der Waals surface area contributed by atoms with E-state index in [0.717, 1.165) is 27.8 Å². The predicted octanol–water partition coefficient (Wildman–Crippen LogP) is 4.29. The van der Waals surface area contributed by atoms with E-state index in [1.807, 2.05) is 52.0 Å². The molecule has 3 rings (SSSR count). The Morgan fingerprint density at radius 3 is 2.15 bits per heavy atom. The van der Waals surface area contributed by atoms with Crippen molar-refractivity contribution in [3.05, 3.63) is 69.8 Å². The Kier molecular flexibility index (Phi) is 7.57. The Bertz CT molecular complexity index is 1030. The summed E-state index contributed by atoms with van der Waals surface area (Å²) in [7, 11) is 1.32. The van der Waals surface area contributed by atoms with Crippen LogP contribution in [0, 0.1) is 27.7 Å². The molecule has 2 aromatic rings. The molecule has 1 N–H and O–H groups in total. The second-order valence-corrected chi connectivity index (χ2v) is 9.20. The van der Waals surface area contributed by atoms with Gasteiger partial charge in [-0.05, 0) is 76.6 Å². The lowest BCUT2D eigenvalue weighted by Crippen LogP contribution is -2.57. The molecule has 1 saturated carbocycles. The number of hydrogen-bond acceptors (Lipinski definition) is 5. The zero-order chi connectivity index (χ0) is 24.2. The van der Waals surface area contributed by atoms with Crippen molar-refractivity contribution >= 4 is 17.8 Å². The third-order valence-electron chi connectivity index (χ3n) is 6.33. The minimum atomic E-state index is -1.13. The van der Waals surface area contributed by atoms with Gasteiger partial charge in [0.25, 0.3) is 5.91 Å². The van der Waals surface area contributed by atoms with Gasteiger partial charge in [0, 0.05) is 5.56 Å². The Labute approximate surface area is 195 Å². The molecule has 0 bridgehead atoms. The average Bonchev–Trinajstić information content (AvgIpc) is 2.76. The van der Waals surface area contributed by atoms with Crippen LogP contribution in [0.1, 0.15) is 63.9 Å². The Balaban J connectivity index is 1.64. The fourth-order valence-corrected chi connectivity index (χ4v) is 4.60. The summed E-state index contributed by atoms with van der Waals surface area (Å²) in [6.07, 6.45) is 1.56. The number of carbonyl (C=O) groups excluding carboxylic acids is 3. The molecule has 0 radical (unpaired) electrons. The van der Waals surface area contributed by atoms with E-state index in [9.17, 15) is 14.4 Å². The van der Waals surface area contributed by atoms with E-state index in [1.165, 1.54) is 7.11 Å². The molecule has 0 aromatic heterocycles. The predicted molar refractivity (Wildman–Crippen MR) is 126 cm³/mol. The van der Waals surface area contributed by atoms with Gasteiger partial charge in [-0.3, -0.25) is 9.59 Å². The number of rotatable bonds is 6. The minimum absolute atomic E-state index is 0.216. The first-order valence-electron chi connectivity index (χ1n) is 11.4. The van der Waals surface area contributed by atoms with Gasteiger partial charge < -0.3 is 14.8 Å². The normalized spacial score (nSPS) is 20.1. The van der Waals surface area contributed by atoms with Gasteiger partial charge >= 0.3 is 11.9 Å². The van der Waals surface area contributed by atoms with Crippen LogP contribution in [0.2, 0.25) is 0 Å². The molecule has 0 heterocycles. The SMILES string of the molecule is COC(=O)C1(NC(=O)c2cc(C)cc(C)c2)CCC(OC(=O)Cc2ccc(C)cc2C)CC1. The quantitative estimate of drug-likeness (QED) is 0.663. The number of ether oxygens (including phenoxy) is 2.